The van der Waals surface area contributed by atoms with Crippen LogP contribution in [-0.4, -0.2) is 6.00 Å². The second-order valence-electron chi connectivity index (χ2n) is 5.02. The lowest BCUT2D eigenvalue weighted by atomic mass is 10.1. The predicted molar refractivity (Wildman–Crippen MR) is 88.6 cm³/mol. The first kappa shape index (κ1) is 15.2. The molecule has 6 heteroatoms. The lowest BCUT2D eigenvalue weighted by molar-refractivity contribution is -0.201. The van der Waals surface area contributed by atoms with Crippen LogP contribution in [-0.2, 0) is 17.1 Å². The molecule has 0 saturated carbocycles. The molecule has 21 heavy (non-hydrogen) atoms. The van der Waals surface area contributed by atoms with Crippen molar-refractivity contribution in [1.82, 2.24) is 0 Å². The molecule has 2 aromatic rings. The van der Waals surface area contributed by atoms with Gasteiger partial charge in [0.15, 0.2) is 0 Å². The summed E-state index contributed by atoms with van der Waals surface area (Å²) in [5.41, 5.74) is 1.87. The van der Waals surface area contributed by atoms with Crippen LogP contribution in [0.15, 0.2) is 48.5 Å². The number of hydrogen-bond donors (Lipinski definition) is 0. The Morgan fingerprint density at radius 3 is 2.43 bits per heavy atom. The van der Waals surface area contributed by atoms with Gasteiger partial charge in [-0.05, 0) is 11.3 Å². The van der Waals surface area contributed by atoms with Crippen LogP contribution in [0.2, 0.25) is 0 Å². The number of hydrogen-bond acceptors (Lipinski definition) is 2. The van der Waals surface area contributed by atoms with Crippen molar-refractivity contribution in [3.05, 3.63) is 59.7 Å². The Bertz CT molecular complexity index is 658. The van der Waals surface area contributed by atoms with E-state index in [1.807, 2.05) is 55.5 Å². The zero-order valence-corrected chi connectivity index (χ0v) is 14.5. The Morgan fingerprint density at radius 1 is 1.05 bits per heavy atom. The van der Waals surface area contributed by atoms with Crippen LogP contribution in [0.3, 0.4) is 0 Å². The van der Waals surface area contributed by atoms with E-state index in [-0.39, 0.29) is 0 Å². The van der Waals surface area contributed by atoms with Crippen LogP contribution in [0.4, 0.5) is 0 Å². The molecule has 0 saturated heterocycles. The molecular weight excluding hydrogens is 347 g/mol. The van der Waals surface area contributed by atoms with Gasteiger partial charge in [-0.25, -0.2) is 0 Å². The van der Waals surface area contributed by atoms with Crippen molar-refractivity contribution < 1.29 is 9.47 Å². The van der Waals surface area contributed by atoms with Gasteiger partial charge in [-0.15, -0.1) is 33.2 Å². The number of halogens is 3. The fourth-order valence-electron chi connectivity index (χ4n) is 2.31. The Balaban J connectivity index is 1.93. The van der Waals surface area contributed by atoms with Gasteiger partial charge in [-0.3, -0.25) is 0 Å². The zero-order chi connectivity index (χ0) is 15.1. The molecule has 1 atom stereocenters. The van der Waals surface area contributed by atoms with E-state index in [4.69, 9.17) is 42.7 Å². The molecule has 0 amide bonds. The van der Waals surface area contributed by atoms with E-state index in [9.17, 15) is 0 Å². The summed E-state index contributed by atoms with van der Waals surface area (Å²) in [5.74, 6) is -0.0349. The summed E-state index contributed by atoms with van der Waals surface area (Å²) in [4.78, 5) is 0. The van der Waals surface area contributed by atoms with Crippen LogP contribution in [0.25, 0.3) is 0 Å². The normalized spacial score (nSPS) is 21.5. The van der Waals surface area contributed by atoms with E-state index < -0.39 is 11.8 Å². The van der Waals surface area contributed by atoms with E-state index in [0.29, 0.717) is 6.61 Å². The molecule has 2 aromatic carbocycles. The fourth-order valence-corrected chi connectivity index (χ4v) is 3.97. The van der Waals surface area contributed by atoms with Crippen molar-refractivity contribution in [1.29, 1.82) is 0 Å². The maximum Gasteiger partial charge on any atom is 0.372 e. The molecule has 0 fully saturated rings. The maximum absolute atomic E-state index is 6.04. The van der Waals surface area contributed by atoms with E-state index in [1.165, 1.54) is 0 Å². The maximum atomic E-state index is 6.04. The van der Waals surface area contributed by atoms with Gasteiger partial charge in [0.2, 0.25) is 5.79 Å². The molecule has 110 valence electrons. The van der Waals surface area contributed by atoms with Crippen molar-refractivity contribution in [2.75, 3.05) is 0 Å². The second kappa shape index (κ2) is 5.49. The number of fused-ring (bicyclic) bond motifs is 1. The van der Waals surface area contributed by atoms with Gasteiger partial charge in [0.1, 0.15) is 5.75 Å². The summed E-state index contributed by atoms with van der Waals surface area (Å²) < 4.78 is 11.9. The SMILES string of the molecule is CC1(c2ccccc2)OCc2cc([Si](Cl)(Cl)Cl)ccc2O1. The van der Waals surface area contributed by atoms with Gasteiger partial charge in [0.25, 0.3) is 0 Å². The summed E-state index contributed by atoms with van der Waals surface area (Å²) in [6.45, 7) is 2.33. The largest absolute Gasteiger partial charge is 0.458 e. The van der Waals surface area contributed by atoms with Crippen LogP contribution in [0.1, 0.15) is 18.1 Å². The predicted octanol–water partition coefficient (Wildman–Crippen LogP) is 4.33. The van der Waals surface area contributed by atoms with Gasteiger partial charge in [0.05, 0.1) is 6.61 Å². The Kier molecular flexibility index (Phi) is 3.97. The van der Waals surface area contributed by atoms with Crippen LogP contribution < -0.4 is 9.92 Å². The van der Waals surface area contributed by atoms with Gasteiger partial charge >= 0.3 is 6.00 Å². The van der Waals surface area contributed by atoms with Gasteiger partial charge in [0, 0.05) is 18.1 Å². The van der Waals surface area contributed by atoms with Gasteiger partial charge < -0.3 is 9.47 Å². The van der Waals surface area contributed by atoms with Crippen molar-refractivity contribution in [2.45, 2.75) is 19.3 Å². The monoisotopic (exact) mass is 358 g/mol. The minimum absolute atomic E-state index is 0.420. The Morgan fingerprint density at radius 2 is 1.76 bits per heavy atom. The summed E-state index contributed by atoms with van der Waals surface area (Å²) >= 11 is 18.1. The van der Waals surface area contributed by atoms with E-state index in [2.05, 4.69) is 0 Å². The molecule has 1 unspecified atom stereocenters. The molecule has 3 rings (SSSR count). The number of ether oxygens (including phenoxy) is 2. The third-order valence-corrected chi connectivity index (χ3v) is 6.42. The molecule has 0 spiro atoms. The highest BCUT2D eigenvalue weighted by Crippen LogP contribution is 2.37. The summed E-state index contributed by atoms with van der Waals surface area (Å²) in [5, 5.41) is 0.738. The fraction of sp³-hybridized carbons (Fsp3) is 0.200. The zero-order valence-electron chi connectivity index (χ0n) is 11.3. The standard InChI is InChI=1S/C15H13Cl3O2Si/c1-15(12-5-3-2-4-6-12)19-10-11-9-13(21(16,17)18)7-8-14(11)20-15/h2-9H,10H2,1H3. The lowest BCUT2D eigenvalue weighted by Crippen LogP contribution is -2.37. The molecule has 0 aromatic heterocycles. The summed E-state index contributed by atoms with van der Waals surface area (Å²) in [6.07, 6.45) is 0. The average Bonchev–Trinajstić information content (AvgIpc) is 2.46. The topological polar surface area (TPSA) is 18.5 Å². The number of rotatable bonds is 2. The third kappa shape index (κ3) is 3.08. The molecule has 0 N–H and O–H groups in total. The molecule has 0 bridgehead atoms. The van der Waals surface area contributed by atoms with E-state index in [1.54, 1.807) is 0 Å². The highest BCUT2D eigenvalue weighted by Gasteiger charge is 2.36. The highest BCUT2D eigenvalue weighted by molar-refractivity contribution is 7.69. The smallest absolute Gasteiger partial charge is 0.372 e. The Labute approximate surface area is 138 Å². The van der Waals surface area contributed by atoms with Crippen molar-refractivity contribution in [2.24, 2.45) is 0 Å². The van der Waals surface area contributed by atoms with Crippen LogP contribution in [0, 0.1) is 0 Å². The molecule has 0 aliphatic carbocycles. The first-order valence-corrected chi connectivity index (χ1v) is 11.5. The Hall–Kier alpha value is -0.713. The van der Waals surface area contributed by atoms with Crippen molar-refractivity contribution in [3.8, 4) is 5.75 Å². The molecule has 1 aliphatic rings. The quantitative estimate of drug-likeness (QED) is 0.587. The van der Waals surface area contributed by atoms with Gasteiger partial charge in [-0.1, -0.05) is 42.5 Å². The molecule has 0 radical (unpaired) electrons. The molecule has 1 heterocycles. The third-order valence-electron chi connectivity index (χ3n) is 3.49. The minimum Gasteiger partial charge on any atom is -0.458 e. The molecule has 2 nitrogen and oxygen atoms in total. The molecule has 1 aliphatic heterocycles. The van der Waals surface area contributed by atoms with Crippen LogP contribution >= 0.6 is 33.2 Å². The summed E-state index contributed by atoms with van der Waals surface area (Å²) in [7, 11) is 0. The average molecular weight is 360 g/mol. The molecular formula is C15H13Cl3O2Si. The van der Waals surface area contributed by atoms with Crippen molar-refractivity contribution in [3.63, 3.8) is 0 Å². The van der Waals surface area contributed by atoms with E-state index >= 15 is 0 Å². The first-order valence-electron chi connectivity index (χ1n) is 6.47. The number of benzene rings is 2. The van der Waals surface area contributed by atoms with Crippen molar-refractivity contribution >= 4 is 44.4 Å². The van der Waals surface area contributed by atoms with Crippen LogP contribution in [0.5, 0.6) is 5.75 Å². The van der Waals surface area contributed by atoms with E-state index in [0.717, 1.165) is 22.1 Å². The lowest BCUT2D eigenvalue weighted by Gasteiger charge is -2.36. The first-order chi connectivity index (χ1) is 9.88. The minimum atomic E-state index is -2.89. The second-order valence-corrected chi connectivity index (χ2v) is 13.4. The summed E-state index contributed by atoms with van der Waals surface area (Å²) in [6, 6.07) is 12.5. The van der Waals surface area contributed by atoms with Gasteiger partial charge in [-0.2, -0.15) is 0 Å². The highest BCUT2D eigenvalue weighted by atomic mass is 35.8.